The summed E-state index contributed by atoms with van der Waals surface area (Å²) < 4.78 is 4.59. The van der Waals surface area contributed by atoms with Gasteiger partial charge in [0.1, 0.15) is 0 Å². The Morgan fingerprint density at radius 3 is 2.41 bits per heavy atom. The summed E-state index contributed by atoms with van der Waals surface area (Å²) in [4.78, 5) is 15.7. The maximum atomic E-state index is 11.4. The maximum absolute atomic E-state index is 11.4. The molecule has 100 valence electrons. The molecular weight excluding hydrogens is 220 g/mol. The van der Waals surface area contributed by atoms with Crippen molar-refractivity contribution in [1.82, 2.24) is 9.80 Å². The van der Waals surface area contributed by atoms with Gasteiger partial charge in [0, 0.05) is 12.6 Å². The number of ether oxygens (including phenoxy) is 1. The number of likely N-dealkylation sites (tertiary alicyclic amines) is 1. The van der Waals surface area contributed by atoms with E-state index in [-0.39, 0.29) is 0 Å². The van der Waals surface area contributed by atoms with Crippen molar-refractivity contribution in [2.24, 2.45) is 0 Å². The van der Waals surface area contributed by atoms with E-state index in [4.69, 9.17) is 0 Å². The van der Waals surface area contributed by atoms with Crippen LogP contribution in [0.4, 0.5) is 0 Å². The largest absolute Gasteiger partial charge is 0.467 e. The van der Waals surface area contributed by atoms with Crippen molar-refractivity contribution in [3.63, 3.8) is 0 Å². The van der Waals surface area contributed by atoms with E-state index in [1.165, 1.54) is 14.0 Å². The molecule has 1 unspecified atom stereocenters. The third-order valence-corrected chi connectivity index (χ3v) is 3.44. The van der Waals surface area contributed by atoms with Gasteiger partial charge >= 0.3 is 5.97 Å². The molecule has 5 heteroatoms. The highest BCUT2D eigenvalue weighted by molar-refractivity contribution is 5.78. The van der Waals surface area contributed by atoms with Crippen LogP contribution in [0.2, 0.25) is 0 Å². The van der Waals surface area contributed by atoms with E-state index >= 15 is 0 Å². The van der Waals surface area contributed by atoms with Crippen molar-refractivity contribution in [3.05, 3.63) is 0 Å². The Kier molecular flexibility index (Phi) is 4.91. The van der Waals surface area contributed by atoms with Crippen LogP contribution >= 0.6 is 0 Å². The van der Waals surface area contributed by atoms with Crippen LogP contribution in [0, 0.1) is 0 Å². The average molecular weight is 244 g/mol. The molecule has 1 heterocycles. The van der Waals surface area contributed by atoms with Gasteiger partial charge in [0.15, 0.2) is 5.60 Å². The lowest BCUT2D eigenvalue weighted by Gasteiger charge is -2.37. The highest BCUT2D eigenvalue weighted by Gasteiger charge is 2.34. The fourth-order valence-corrected chi connectivity index (χ4v) is 2.31. The minimum Gasteiger partial charge on any atom is -0.467 e. The van der Waals surface area contributed by atoms with Gasteiger partial charge in [0.2, 0.25) is 0 Å². The number of hydrogen-bond donors (Lipinski definition) is 1. The average Bonchev–Trinajstić information content (AvgIpc) is 2.28. The summed E-state index contributed by atoms with van der Waals surface area (Å²) >= 11 is 0. The molecular formula is C12H24N2O3. The molecule has 1 rings (SSSR count). The normalized spacial score (nSPS) is 22.5. The number of rotatable bonds is 4. The van der Waals surface area contributed by atoms with Crippen molar-refractivity contribution in [2.75, 3.05) is 40.8 Å². The summed E-state index contributed by atoms with van der Waals surface area (Å²) in [6, 6.07) is 0.606. The highest BCUT2D eigenvalue weighted by Crippen LogP contribution is 2.17. The Morgan fingerprint density at radius 2 is 2.00 bits per heavy atom. The van der Waals surface area contributed by atoms with E-state index < -0.39 is 11.6 Å². The molecule has 0 aromatic carbocycles. The zero-order valence-corrected chi connectivity index (χ0v) is 11.3. The minimum atomic E-state index is -1.40. The van der Waals surface area contributed by atoms with Gasteiger partial charge in [-0.2, -0.15) is 0 Å². The number of aliphatic hydroxyl groups is 1. The highest BCUT2D eigenvalue weighted by atomic mass is 16.5. The molecule has 0 amide bonds. The lowest BCUT2D eigenvalue weighted by molar-refractivity contribution is -0.162. The first-order chi connectivity index (χ1) is 7.86. The number of β-amino-alcohol motifs (C(OH)–C–C–N with tert-alkyl or cyclic N) is 1. The number of carbonyl (C=O) groups is 1. The van der Waals surface area contributed by atoms with Gasteiger partial charge in [0.25, 0.3) is 0 Å². The molecule has 0 aliphatic carbocycles. The number of esters is 1. The SMILES string of the molecule is COC(=O)C(C)(O)CN1CCC(N(C)C)CC1. The molecule has 1 saturated heterocycles. The Morgan fingerprint density at radius 1 is 1.47 bits per heavy atom. The fourth-order valence-electron chi connectivity index (χ4n) is 2.31. The van der Waals surface area contributed by atoms with Gasteiger partial charge in [-0.1, -0.05) is 0 Å². The number of nitrogens with zero attached hydrogens (tertiary/aromatic N) is 2. The third-order valence-electron chi connectivity index (χ3n) is 3.44. The van der Waals surface area contributed by atoms with Gasteiger partial charge in [0.05, 0.1) is 7.11 Å². The predicted molar refractivity (Wildman–Crippen MR) is 65.8 cm³/mol. The third kappa shape index (κ3) is 3.94. The topological polar surface area (TPSA) is 53.0 Å². The van der Waals surface area contributed by atoms with Crippen molar-refractivity contribution in [3.8, 4) is 0 Å². The number of carbonyl (C=O) groups excluding carboxylic acids is 1. The van der Waals surface area contributed by atoms with E-state index in [0.29, 0.717) is 12.6 Å². The standard InChI is InChI=1S/C12H24N2O3/c1-12(16,11(15)17-4)9-14-7-5-10(6-8-14)13(2)3/h10,16H,5-9H2,1-4H3. The van der Waals surface area contributed by atoms with Crippen molar-refractivity contribution in [2.45, 2.75) is 31.4 Å². The van der Waals surface area contributed by atoms with E-state index in [1.54, 1.807) is 0 Å². The summed E-state index contributed by atoms with van der Waals surface area (Å²) in [7, 11) is 5.48. The Balaban J connectivity index is 2.42. The number of hydrogen-bond acceptors (Lipinski definition) is 5. The van der Waals surface area contributed by atoms with Crippen molar-refractivity contribution < 1.29 is 14.6 Å². The summed E-state index contributed by atoms with van der Waals surface area (Å²) in [6.07, 6.45) is 2.15. The van der Waals surface area contributed by atoms with Gasteiger partial charge in [-0.15, -0.1) is 0 Å². The van der Waals surface area contributed by atoms with Crippen LogP contribution in [0.25, 0.3) is 0 Å². The van der Waals surface area contributed by atoms with Gasteiger partial charge in [-0.25, -0.2) is 4.79 Å². The molecule has 1 fully saturated rings. The lowest BCUT2D eigenvalue weighted by Crippen LogP contribution is -2.51. The zero-order valence-electron chi connectivity index (χ0n) is 11.3. The molecule has 0 aromatic heterocycles. The van der Waals surface area contributed by atoms with Gasteiger partial charge in [-0.3, -0.25) is 4.90 Å². The Labute approximate surface area is 103 Å². The monoisotopic (exact) mass is 244 g/mol. The second-order valence-corrected chi connectivity index (χ2v) is 5.24. The molecule has 0 radical (unpaired) electrons. The summed E-state index contributed by atoms with van der Waals surface area (Å²) in [6.45, 7) is 3.68. The molecule has 0 spiro atoms. The van der Waals surface area contributed by atoms with Crippen LogP contribution < -0.4 is 0 Å². The van der Waals surface area contributed by atoms with E-state index in [9.17, 15) is 9.90 Å². The number of piperidine rings is 1. The maximum Gasteiger partial charge on any atom is 0.338 e. The van der Waals surface area contributed by atoms with Crippen LogP contribution in [0.1, 0.15) is 19.8 Å². The van der Waals surface area contributed by atoms with Crippen LogP contribution in [0.3, 0.4) is 0 Å². The number of methoxy groups -OCH3 is 1. The molecule has 1 aliphatic rings. The van der Waals surface area contributed by atoms with Crippen LogP contribution in [-0.4, -0.2) is 73.4 Å². The summed E-state index contributed by atoms with van der Waals surface area (Å²) in [5, 5.41) is 9.98. The first kappa shape index (κ1) is 14.4. The van der Waals surface area contributed by atoms with Crippen LogP contribution in [0.15, 0.2) is 0 Å². The van der Waals surface area contributed by atoms with Crippen molar-refractivity contribution >= 4 is 5.97 Å². The minimum absolute atomic E-state index is 0.347. The van der Waals surface area contributed by atoms with Crippen LogP contribution in [0.5, 0.6) is 0 Å². The quantitative estimate of drug-likeness (QED) is 0.702. The Hall–Kier alpha value is -0.650. The summed E-state index contributed by atoms with van der Waals surface area (Å²) in [5.41, 5.74) is -1.40. The first-order valence-electron chi connectivity index (χ1n) is 6.06. The van der Waals surface area contributed by atoms with Gasteiger partial charge < -0.3 is 14.7 Å². The molecule has 1 atom stereocenters. The van der Waals surface area contributed by atoms with E-state index in [2.05, 4.69) is 28.6 Å². The molecule has 1 N–H and O–H groups in total. The Bertz CT molecular complexity index is 258. The van der Waals surface area contributed by atoms with E-state index in [1.807, 2.05) is 0 Å². The van der Waals surface area contributed by atoms with Gasteiger partial charge in [-0.05, 0) is 47.0 Å². The van der Waals surface area contributed by atoms with E-state index in [0.717, 1.165) is 25.9 Å². The zero-order chi connectivity index (χ0) is 13.1. The fraction of sp³-hybridized carbons (Fsp3) is 0.917. The molecule has 0 saturated carbocycles. The lowest BCUT2D eigenvalue weighted by atomic mass is 10.0. The predicted octanol–water partition coefficient (Wildman–Crippen LogP) is -0.0636. The van der Waals surface area contributed by atoms with Crippen LogP contribution in [-0.2, 0) is 9.53 Å². The first-order valence-corrected chi connectivity index (χ1v) is 6.06. The van der Waals surface area contributed by atoms with Crippen molar-refractivity contribution in [1.29, 1.82) is 0 Å². The second-order valence-electron chi connectivity index (χ2n) is 5.24. The molecule has 17 heavy (non-hydrogen) atoms. The molecule has 0 bridgehead atoms. The molecule has 1 aliphatic heterocycles. The molecule has 0 aromatic rings. The molecule has 5 nitrogen and oxygen atoms in total. The summed E-state index contributed by atoms with van der Waals surface area (Å²) in [5.74, 6) is -0.563. The smallest absolute Gasteiger partial charge is 0.338 e. The second kappa shape index (κ2) is 5.80.